The van der Waals surface area contributed by atoms with E-state index in [-0.39, 0.29) is 16.6 Å². The number of alkyl halides is 3. The number of nitrogens with one attached hydrogen (secondary N) is 2. The average Bonchev–Trinajstić information content (AvgIpc) is 2.98. The SMILES string of the molecule is CC(C)(C)C(Cn1cccn1)NC(=S)Nc1cccc(C(F)(F)F)c1. The first kappa shape index (κ1) is 19.2. The minimum atomic E-state index is -4.39. The Hall–Kier alpha value is -2.09. The van der Waals surface area contributed by atoms with Crippen molar-refractivity contribution in [2.75, 3.05) is 5.32 Å². The van der Waals surface area contributed by atoms with Crippen molar-refractivity contribution < 1.29 is 13.2 Å². The van der Waals surface area contributed by atoms with Gasteiger partial charge in [-0.2, -0.15) is 18.3 Å². The molecule has 0 amide bonds. The van der Waals surface area contributed by atoms with E-state index in [4.69, 9.17) is 12.2 Å². The lowest BCUT2D eigenvalue weighted by molar-refractivity contribution is -0.137. The van der Waals surface area contributed by atoms with Gasteiger partial charge in [-0.25, -0.2) is 0 Å². The maximum Gasteiger partial charge on any atom is 0.416 e. The molecule has 2 N–H and O–H groups in total. The third-order valence-electron chi connectivity index (χ3n) is 3.73. The molecular formula is C17H21F3N4S. The van der Waals surface area contributed by atoms with Crippen molar-refractivity contribution in [2.24, 2.45) is 5.41 Å². The molecule has 0 saturated carbocycles. The van der Waals surface area contributed by atoms with Gasteiger partial charge in [0.2, 0.25) is 0 Å². The summed E-state index contributed by atoms with van der Waals surface area (Å²) in [4.78, 5) is 0. The topological polar surface area (TPSA) is 41.9 Å². The van der Waals surface area contributed by atoms with Crippen LogP contribution in [-0.2, 0) is 12.7 Å². The lowest BCUT2D eigenvalue weighted by Gasteiger charge is -2.32. The number of halogens is 3. The highest BCUT2D eigenvalue weighted by atomic mass is 32.1. The van der Waals surface area contributed by atoms with Gasteiger partial charge in [0.05, 0.1) is 18.2 Å². The second kappa shape index (κ2) is 7.43. The van der Waals surface area contributed by atoms with Crippen LogP contribution in [0.15, 0.2) is 42.7 Å². The zero-order chi connectivity index (χ0) is 18.7. The van der Waals surface area contributed by atoms with Crippen LogP contribution in [0.4, 0.5) is 18.9 Å². The Balaban J connectivity index is 2.06. The number of rotatable bonds is 4. The van der Waals surface area contributed by atoms with E-state index in [1.54, 1.807) is 16.9 Å². The molecule has 0 fully saturated rings. The number of hydrogen-bond acceptors (Lipinski definition) is 2. The number of benzene rings is 1. The first-order valence-corrected chi connectivity index (χ1v) is 8.19. The highest BCUT2D eigenvalue weighted by molar-refractivity contribution is 7.80. The van der Waals surface area contributed by atoms with Crippen molar-refractivity contribution in [1.29, 1.82) is 0 Å². The summed E-state index contributed by atoms with van der Waals surface area (Å²) in [6.07, 6.45) is -0.844. The quantitative estimate of drug-likeness (QED) is 0.788. The fourth-order valence-corrected chi connectivity index (χ4v) is 2.49. The van der Waals surface area contributed by atoms with E-state index in [2.05, 4.69) is 36.5 Å². The minimum absolute atomic E-state index is 0.0572. The van der Waals surface area contributed by atoms with Crippen LogP contribution < -0.4 is 10.6 Å². The van der Waals surface area contributed by atoms with Gasteiger partial charge in [-0.1, -0.05) is 26.8 Å². The molecule has 1 atom stereocenters. The number of hydrogen-bond donors (Lipinski definition) is 2. The van der Waals surface area contributed by atoms with Gasteiger partial charge in [-0.15, -0.1) is 0 Å². The molecule has 1 heterocycles. The Labute approximate surface area is 150 Å². The van der Waals surface area contributed by atoms with Gasteiger partial charge >= 0.3 is 6.18 Å². The number of anilines is 1. The van der Waals surface area contributed by atoms with E-state index in [1.165, 1.54) is 6.07 Å². The van der Waals surface area contributed by atoms with E-state index in [1.807, 2.05) is 12.3 Å². The molecule has 136 valence electrons. The normalized spacial score (nSPS) is 13.4. The Kier molecular flexibility index (Phi) is 5.72. The predicted octanol–water partition coefficient (Wildman–Crippen LogP) is 4.30. The first-order valence-electron chi connectivity index (χ1n) is 7.78. The molecule has 0 aliphatic heterocycles. The highest BCUT2D eigenvalue weighted by Crippen LogP contribution is 2.30. The van der Waals surface area contributed by atoms with Gasteiger partial charge in [-0.05, 0) is 41.9 Å². The van der Waals surface area contributed by atoms with E-state index in [9.17, 15) is 13.2 Å². The summed E-state index contributed by atoms with van der Waals surface area (Å²) in [5, 5.41) is 10.5. The van der Waals surface area contributed by atoms with Crippen LogP contribution in [0.5, 0.6) is 0 Å². The van der Waals surface area contributed by atoms with Gasteiger partial charge in [0.25, 0.3) is 0 Å². The molecule has 0 spiro atoms. The third kappa shape index (κ3) is 5.74. The molecule has 0 saturated heterocycles. The highest BCUT2D eigenvalue weighted by Gasteiger charge is 2.30. The van der Waals surface area contributed by atoms with Crippen LogP contribution in [0.25, 0.3) is 0 Å². The number of aromatic nitrogens is 2. The summed E-state index contributed by atoms with van der Waals surface area (Å²) in [6.45, 7) is 6.75. The summed E-state index contributed by atoms with van der Waals surface area (Å²) < 4.78 is 40.2. The number of thiocarbonyl (C=S) groups is 1. The van der Waals surface area contributed by atoms with Crippen molar-refractivity contribution in [2.45, 2.75) is 39.5 Å². The van der Waals surface area contributed by atoms with E-state index in [0.29, 0.717) is 12.2 Å². The fraction of sp³-hybridized carbons (Fsp3) is 0.412. The Morgan fingerprint density at radius 1 is 1.24 bits per heavy atom. The minimum Gasteiger partial charge on any atom is -0.357 e. The van der Waals surface area contributed by atoms with E-state index in [0.717, 1.165) is 12.1 Å². The molecule has 1 unspecified atom stereocenters. The zero-order valence-corrected chi connectivity index (χ0v) is 15.1. The molecule has 2 aromatic rings. The second-order valence-electron chi connectivity index (χ2n) is 6.82. The molecule has 8 heteroatoms. The largest absolute Gasteiger partial charge is 0.416 e. The van der Waals surface area contributed by atoms with Crippen LogP contribution in [0.2, 0.25) is 0 Å². The van der Waals surface area contributed by atoms with Crippen LogP contribution in [0, 0.1) is 5.41 Å². The van der Waals surface area contributed by atoms with Crippen molar-refractivity contribution in [1.82, 2.24) is 15.1 Å². The molecule has 1 aromatic heterocycles. The number of nitrogens with zero attached hydrogens (tertiary/aromatic N) is 2. The summed E-state index contributed by atoms with van der Waals surface area (Å²) >= 11 is 5.28. The fourth-order valence-electron chi connectivity index (χ4n) is 2.23. The van der Waals surface area contributed by atoms with E-state index >= 15 is 0 Å². The van der Waals surface area contributed by atoms with Crippen molar-refractivity contribution in [3.63, 3.8) is 0 Å². The Bertz CT molecular complexity index is 705. The monoisotopic (exact) mass is 370 g/mol. The van der Waals surface area contributed by atoms with E-state index < -0.39 is 11.7 Å². The molecule has 2 rings (SSSR count). The molecule has 0 bridgehead atoms. The third-order valence-corrected chi connectivity index (χ3v) is 3.95. The van der Waals surface area contributed by atoms with Gasteiger partial charge in [0, 0.05) is 18.1 Å². The maximum atomic E-state index is 12.8. The first-order chi connectivity index (χ1) is 11.6. The van der Waals surface area contributed by atoms with Crippen LogP contribution in [0.3, 0.4) is 0 Å². The van der Waals surface area contributed by atoms with Gasteiger partial charge in [0.1, 0.15) is 0 Å². The molecule has 4 nitrogen and oxygen atoms in total. The molecule has 0 radical (unpaired) electrons. The molecular weight excluding hydrogens is 349 g/mol. The molecule has 1 aromatic carbocycles. The lowest BCUT2D eigenvalue weighted by Crippen LogP contribution is -2.48. The van der Waals surface area contributed by atoms with Gasteiger partial charge in [-0.3, -0.25) is 4.68 Å². The van der Waals surface area contributed by atoms with Crippen molar-refractivity contribution >= 4 is 23.0 Å². The summed E-state index contributed by atoms with van der Waals surface area (Å²) in [5.74, 6) is 0. The summed E-state index contributed by atoms with van der Waals surface area (Å²) in [6, 6.07) is 6.73. The molecule has 0 aliphatic carbocycles. The van der Waals surface area contributed by atoms with Crippen molar-refractivity contribution in [3.05, 3.63) is 48.3 Å². The van der Waals surface area contributed by atoms with Crippen LogP contribution in [0.1, 0.15) is 26.3 Å². The standard InChI is InChI=1S/C17H21F3N4S/c1-16(2,3)14(11-24-9-5-8-21-24)23-15(25)22-13-7-4-6-12(10-13)17(18,19)20/h4-10,14H,11H2,1-3H3,(H2,22,23,25). The van der Waals surface area contributed by atoms with Gasteiger partial charge in [0.15, 0.2) is 5.11 Å². The Morgan fingerprint density at radius 2 is 1.96 bits per heavy atom. The maximum absolute atomic E-state index is 12.8. The molecule has 25 heavy (non-hydrogen) atoms. The van der Waals surface area contributed by atoms with Gasteiger partial charge < -0.3 is 10.6 Å². The summed E-state index contributed by atoms with van der Waals surface area (Å²) in [5.41, 5.74) is -0.561. The zero-order valence-electron chi connectivity index (χ0n) is 14.3. The molecule has 0 aliphatic rings. The Morgan fingerprint density at radius 3 is 2.52 bits per heavy atom. The van der Waals surface area contributed by atoms with Crippen LogP contribution in [-0.4, -0.2) is 20.9 Å². The average molecular weight is 370 g/mol. The predicted molar refractivity (Wildman–Crippen MR) is 96.3 cm³/mol. The summed E-state index contributed by atoms with van der Waals surface area (Å²) in [7, 11) is 0. The van der Waals surface area contributed by atoms with Crippen molar-refractivity contribution in [3.8, 4) is 0 Å². The van der Waals surface area contributed by atoms with Crippen LogP contribution >= 0.6 is 12.2 Å². The second-order valence-corrected chi connectivity index (χ2v) is 7.23. The smallest absolute Gasteiger partial charge is 0.357 e. The lowest BCUT2D eigenvalue weighted by atomic mass is 9.87.